The predicted octanol–water partition coefficient (Wildman–Crippen LogP) is 2.25. The first-order chi connectivity index (χ1) is 4.68. The molecule has 76 valence electrons. The van der Waals surface area contributed by atoms with Gasteiger partial charge in [0.2, 0.25) is 7.42 Å². The lowest BCUT2D eigenvalue weighted by atomic mass is 10.8. The molecule has 0 aromatic rings. The van der Waals surface area contributed by atoms with Gasteiger partial charge in [-0.25, -0.2) is 0 Å². The van der Waals surface area contributed by atoms with Crippen molar-refractivity contribution in [3.05, 3.63) is 25.3 Å². The molecular weight excluding hydrogens is 270 g/mol. The molecule has 0 aromatic heterocycles. The quantitative estimate of drug-likeness (QED) is 0.323. The fraction of sp³-hybridized carbons (Fsp3) is 0.333. The van der Waals surface area contributed by atoms with Crippen molar-refractivity contribution < 1.29 is 0 Å². The van der Waals surface area contributed by atoms with E-state index in [1.54, 1.807) is 12.2 Å². The monoisotopic (exact) mass is 284 g/mol. The van der Waals surface area contributed by atoms with Gasteiger partial charge in [-0.3, -0.25) is 0 Å². The largest absolute Gasteiger partial charge is 0.240 e. The fourth-order valence-corrected chi connectivity index (χ4v) is 1.13. The van der Waals surface area contributed by atoms with E-state index in [4.69, 9.17) is 33.8 Å². The van der Waals surface area contributed by atoms with Gasteiger partial charge in [-0.05, 0) is 17.0 Å². The Balaban J connectivity index is -0.0000000483. The van der Waals surface area contributed by atoms with Gasteiger partial charge in [0.15, 0.2) is 0 Å². The summed E-state index contributed by atoms with van der Waals surface area (Å²) in [6.07, 6.45) is 3.39. The first-order valence-electron chi connectivity index (χ1n) is 2.74. The molecule has 0 rings (SSSR count). The maximum absolute atomic E-state index is 5.41. The van der Waals surface area contributed by atoms with Gasteiger partial charge in [-0.15, -0.1) is 37.2 Å². The van der Waals surface area contributed by atoms with Crippen LogP contribution in [0.5, 0.6) is 0 Å². The average molecular weight is 286 g/mol. The Kier molecular flexibility index (Phi) is 43.8. The Morgan fingerprint density at radius 1 is 1.17 bits per heavy atom. The highest BCUT2D eigenvalue weighted by Gasteiger charge is 1.93. The molecule has 0 aliphatic carbocycles. The molecule has 0 aliphatic heterocycles. The van der Waals surface area contributed by atoms with Gasteiger partial charge in [0, 0.05) is 5.88 Å². The van der Waals surface area contributed by atoms with Crippen LogP contribution in [0, 0.1) is 0 Å². The summed E-state index contributed by atoms with van der Waals surface area (Å²) in [6, 6.07) is 0.809. The molecule has 0 heterocycles. The van der Waals surface area contributed by atoms with Crippen LogP contribution in [0.2, 0.25) is 6.04 Å². The minimum Gasteiger partial charge on any atom is -0.150 e. The van der Waals surface area contributed by atoms with Crippen LogP contribution in [0.1, 0.15) is 0 Å². The number of allylic oxidation sites excluding steroid dienone is 2. The van der Waals surface area contributed by atoms with Crippen LogP contribution in [0.15, 0.2) is 25.3 Å². The van der Waals surface area contributed by atoms with Crippen molar-refractivity contribution in [3.63, 3.8) is 0 Å². The summed E-state index contributed by atoms with van der Waals surface area (Å²) in [5, 5.41) is 0. The van der Waals surface area contributed by atoms with Crippen molar-refractivity contribution in [1.29, 1.82) is 0 Å². The van der Waals surface area contributed by atoms with Gasteiger partial charge >= 0.3 is 0 Å². The van der Waals surface area contributed by atoms with Crippen LogP contribution in [0.25, 0.3) is 0 Å². The fourth-order valence-electron chi connectivity index (χ4n) is 0.126. The molecule has 0 saturated heterocycles. The lowest BCUT2D eigenvalue weighted by molar-refractivity contribution is 1.74. The Bertz CT molecular complexity index is 87.6. The van der Waals surface area contributed by atoms with E-state index in [1.807, 2.05) is 0 Å². The Labute approximate surface area is 101 Å². The minimum absolute atomic E-state index is 0. The number of alkyl halides is 1. The zero-order valence-corrected chi connectivity index (χ0v) is 10.3. The molecule has 0 aliphatic rings. The summed E-state index contributed by atoms with van der Waals surface area (Å²) in [5.74, 6) is 0.556. The highest BCUT2D eigenvalue weighted by molar-refractivity contribution is 7.33. The summed E-state index contributed by atoms with van der Waals surface area (Å²) >= 11 is 15.9. The van der Waals surface area contributed by atoms with E-state index in [-0.39, 0.29) is 23.4 Å². The predicted molar refractivity (Wildman–Crippen MR) is 73.4 cm³/mol. The zero-order valence-electron chi connectivity index (χ0n) is 6.10. The maximum Gasteiger partial charge on any atom is 0.240 e. The molecule has 0 bridgehead atoms. The summed E-state index contributed by atoms with van der Waals surface area (Å²) in [5.41, 5.74) is 0. The highest BCUT2D eigenvalue weighted by Crippen LogP contribution is 2.01. The molecule has 0 N–H and O–H groups in total. The molecule has 0 fully saturated rings. The van der Waals surface area contributed by atoms with Crippen LogP contribution < -0.4 is 0 Å². The smallest absolute Gasteiger partial charge is 0.150 e. The van der Waals surface area contributed by atoms with E-state index in [9.17, 15) is 0 Å². The molecule has 0 spiro atoms. The Morgan fingerprint density at radius 2 is 1.50 bits per heavy atom. The Hall–Kier alpha value is 1.07. The number of hydrogen-bond donors (Lipinski definition) is 0. The summed E-state index contributed by atoms with van der Waals surface area (Å²) in [6.45, 7) is 6.81. The second-order valence-electron chi connectivity index (χ2n) is 1.36. The topological polar surface area (TPSA) is 0 Å². The summed E-state index contributed by atoms with van der Waals surface area (Å²) < 4.78 is 0. The van der Waals surface area contributed by atoms with E-state index in [2.05, 4.69) is 13.2 Å². The van der Waals surface area contributed by atoms with Crippen LogP contribution in [-0.2, 0) is 0 Å². The second-order valence-corrected chi connectivity index (χ2v) is 6.75. The third-order valence-corrected chi connectivity index (χ3v) is 2.43. The van der Waals surface area contributed by atoms with E-state index in [1.165, 1.54) is 0 Å². The average Bonchev–Trinajstić information content (AvgIpc) is 1.89. The molecule has 0 saturated carbocycles. The number of rotatable bonds is 3. The van der Waals surface area contributed by atoms with Crippen molar-refractivity contribution in [2.75, 3.05) is 5.88 Å². The summed E-state index contributed by atoms with van der Waals surface area (Å²) in [4.78, 5) is 0. The number of hydrogen-bond acceptors (Lipinski definition) is 0. The normalized spacial score (nSPS) is 6.67. The van der Waals surface area contributed by atoms with Crippen molar-refractivity contribution in [2.45, 2.75) is 6.04 Å². The molecule has 6 heteroatoms. The van der Waals surface area contributed by atoms with Crippen molar-refractivity contribution in [1.82, 2.24) is 0 Å². The van der Waals surface area contributed by atoms with Crippen LogP contribution in [0.3, 0.4) is 0 Å². The lowest BCUT2D eigenvalue weighted by Gasteiger charge is -1.83. The summed E-state index contributed by atoms with van der Waals surface area (Å²) in [7, 11) is -1.34. The van der Waals surface area contributed by atoms with Gasteiger partial charge in [-0.1, -0.05) is 12.2 Å². The zero-order chi connectivity index (χ0) is 8.41. The first kappa shape index (κ1) is 23.1. The van der Waals surface area contributed by atoms with Crippen molar-refractivity contribution >= 4 is 64.5 Å². The van der Waals surface area contributed by atoms with E-state index >= 15 is 0 Å². The molecule has 12 heavy (non-hydrogen) atoms. The van der Waals surface area contributed by atoms with Gasteiger partial charge in [0.05, 0.1) is 0 Å². The number of halogens is 4. The first-order valence-corrected chi connectivity index (χ1v) is 7.59. The van der Waals surface area contributed by atoms with Gasteiger partial charge < -0.3 is 0 Å². The highest BCUT2D eigenvalue weighted by atomic mass is 35.7. The van der Waals surface area contributed by atoms with Crippen molar-refractivity contribution in [3.8, 4) is 0 Å². The maximum atomic E-state index is 5.41. The minimum atomic E-state index is -1.34. The molecule has 0 nitrogen and oxygen atoms in total. The van der Waals surface area contributed by atoms with E-state index in [0.717, 1.165) is 6.04 Å². The molecule has 0 radical (unpaired) electrons. The third-order valence-electron chi connectivity index (χ3n) is 0.454. The van der Waals surface area contributed by atoms with Crippen LogP contribution >= 0.6 is 46.2 Å². The Morgan fingerprint density at radius 3 is 1.50 bits per heavy atom. The SMILES string of the molecule is C=CCCl.C=CC[SiH](Cl)Cl.Cl.[SiH4]. The van der Waals surface area contributed by atoms with Gasteiger partial charge in [0.25, 0.3) is 0 Å². The van der Waals surface area contributed by atoms with Crippen LogP contribution in [-0.4, -0.2) is 24.3 Å². The van der Waals surface area contributed by atoms with Gasteiger partial charge in [-0.2, -0.15) is 22.2 Å². The van der Waals surface area contributed by atoms with E-state index < -0.39 is 7.42 Å². The third kappa shape index (κ3) is 43.7. The van der Waals surface area contributed by atoms with E-state index in [0.29, 0.717) is 5.88 Å². The van der Waals surface area contributed by atoms with Crippen LogP contribution in [0.4, 0.5) is 0 Å². The van der Waals surface area contributed by atoms with Gasteiger partial charge in [0.1, 0.15) is 0 Å². The van der Waals surface area contributed by atoms with Crippen molar-refractivity contribution in [2.24, 2.45) is 0 Å². The standard InChI is InChI=1S/C3H6Cl2Si.C3H5Cl.ClH.H4Si/c1-2-3-6(4)5;1-2-3-4;;/h2,6H,1,3H2;2H,1,3H2;1H;1H4. The second kappa shape index (κ2) is 22.7. The molecular formula is C6H16Cl4Si2. The molecule has 0 aromatic carbocycles. The molecule has 0 atom stereocenters. The molecule has 0 unspecified atom stereocenters. The molecule has 0 amide bonds. The lowest BCUT2D eigenvalue weighted by Crippen LogP contribution is -1.84.